The number of aromatic nitrogens is 2. The highest BCUT2D eigenvalue weighted by molar-refractivity contribution is 6.16. The van der Waals surface area contributed by atoms with E-state index in [9.17, 15) is 0 Å². The van der Waals surface area contributed by atoms with Crippen LogP contribution in [0.3, 0.4) is 0 Å². The van der Waals surface area contributed by atoms with Crippen LogP contribution in [-0.2, 0) is 0 Å². The second-order valence-corrected chi connectivity index (χ2v) is 9.24. The van der Waals surface area contributed by atoms with E-state index < -0.39 is 0 Å². The minimum absolute atomic E-state index is 0.940. The first-order valence-electron chi connectivity index (χ1n) is 12.0. The molecule has 5 aromatic carbocycles. The van der Waals surface area contributed by atoms with Gasteiger partial charge in [-0.25, -0.2) is 4.98 Å². The lowest BCUT2D eigenvalue weighted by Crippen LogP contribution is -1.96. The van der Waals surface area contributed by atoms with Crippen molar-refractivity contribution < 1.29 is 0 Å². The Hall–Kier alpha value is -4.69. The van der Waals surface area contributed by atoms with Gasteiger partial charge in [0.2, 0.25) is 0 Å². The van der Waals surface area contributed by atoms with E-state index >= 15 is 0 Å². The SMILES string of the molecule is c1ccc(-n2c3ccccc3c3cc(-c4ccc5c(c4)-c4cccc6cccc-5c46)ccc32)nc1. The lowest BCUT2D eigenvalue weighted by atomic mass is 9.96. The first-order chi connectivity index (χ1) is 17.4. The number of nitrogens with zero attached hydrogens (tertiary/aromatic N) is 2. The summed E-state index contributed by atoms with van der Waals surface area (Å²) in [6.45, 7) is 0. The fourth-order valence-corrected chi connectivity index (χ4v) is 5.86. The number of pyridine rings is 1. The Labute approximate surface area is 202 Å². The van der Waals surface area contributed by atoms with Crippen LogP contribution in [0.4, 0.5) is 0 Å². The number of hydrogen-bond acceptors (Lipinski definition) is 1. The van der Waals surface area contributed by atoms with Crippen LogP contribution in [-0.4, -0.2) is 9.55 Å². The minimum Gasteiger partial charge on any atom is -0.294 e. The number of para-hydroxylation sites is 1. The Morgan fingerprint density at radius 2 is 1.23 bits per heavy atom. The topological polar surface area (TPSA) is 17.8 Å². The lowest BCUT2D eigenvalue weighted by molar-refractivity contribution is 1.08. The van der Waals surface area contributed by atoms with Crippen LogP contribution in [0.5, 0.6) is 0 Å². The van der Waals surface area contributed by atoms with Crippen LogP contribution in [0.25, 0.3) is 71.8 Å². The quantitative estimate of drug-likeness (QED) is 0.261. The van der Waals surface area contributed by atoms with Gasteiger partial charge in [0, 0.05) is 17.0 Å². The Morgan fingerprint density at radius 3 is 2.09 bits per heavy atom. The van der Waals surface area contributed by atoms with Gasteiger partial charge in [0.25, 0.3) is 0 Å². The average molecular weight is 445 g/mol. The molecule has 0 saturated heterocycles. The molecule has 2 heterocycles. The third-order valence-electron chi connectivity index (χ3n) is 7.39. The molecule has 0 fully saturated rings. The van der Waals surface area contributed by atoms with Gasteiger partial charge in [-0.2, -0.15) is 0 Å². The summed E-state index contributed by atoms with van der Waals surface area (Å²) in [5.74, 6) is 0.940. The molecule has 0 spiro atoms. The highest BCUT2D eigenvalue weighted by atomic mass is 15.1. The molecular weight excluding hydrogens is 424 g/mol. The smallest absolute Gasteiger partial charge is 0.137 e. The van der Waals surface area contributed by atoms with Crippen LogP contribution in [0.1, 0.15) is 0 Å². The van der Waals surface area contributed by atoms with Crippen molar-refractivity contribution in [2.75, 3.05) is 0 Å². The predicted molar refractivity (Wildman–Crippen MR) is 146 cm³/mol. The van der Waals surface area contributed by atoms with Crippen LogP contribution in [0, 0.1) is 0 Å². The standard InChI is InChI=1S/C33H20N2/c1-2-12-30-25(9-1)29-20-23(15-17-31(29)35(30)32-13-3-4-18-34-32)22-14-16-24-26-10-5-7-21-8-6-11-27(33(21)26)28(24)19-22/h1-20H. The molecule has 0 saturated carbocycles. The zero-order valence-corrected chi connectivity index (χ0v) is 18.9. The monoisotopic (exact) mass is 444 g/mol. The summed E-state index contributed by atoms with van der Waals surface area (Å²) in [6.07, 6.45) is 1.85. The Kier molecular flexibility index (Phi) is 3.69. The minimum atomic E-state index is 0.940. The summed E-state index contributed by atoms with van der Waals surface area (Å²) in [5, 5.41) is 5.17. The van der Waals surface area contributed by atoms with E-state index in [4.69, 9.17) is 0 Å². The maximum absolute atomic E-state index is 4.64. The molecule has 0 N–H and O–H groups in total. The Bertz CT molecular complexity index is 1940. The van der Waals surface area contributed by atoms with E-state index in [1.165, 1.54) is 66.0 Å². The summed E-state index contributed by atoms with van der Waals surface area (Å²) >= 11 is 0. The van der Waals surface area contributed by atoms with Crippen molar-refractivity contribution in [3.05, 3.63) is 121 Å². The average Bonchev–Trinajstić information content (AvgIpc) is 3.43. The van der Waals surface area contributed by atoms with Crippen molar-refractivity contribution in [3.8, 4) is 39.2 Å². The van der Waals surface area contributed by atoms with Crippen molar-refractivity contribution in [2.24, 2.45) is 0 Å². The van der Waals surface area contributed by atoms with Gasteiger partial charge in [0.15, 0.2) is 0 Å². The van der Waals surface area contributed by atoms with Gasteiger partial charge >= 0.3 is 0 Å². The maximum Gasteiger partial charge on any atom is 0.137 e. The largest absolute Gasteiger partial charge is 0.294 e. The van der Waals surface area contributed by atoms with E-state index in [1.807, 2.05) is 18.3 Å². The summed E-state index contributed by atoms with van der Waals surface area (Å²) in [4.78, 5) is 4.64. The fraction of sp³-hybridized carbons (Fsp3) is 0. The molecule has 1 aliphatic carbocycles. The van der Waals surface area contributed by atoms with Gasteiger partial charge in [-0.15, -0.1) is 0 Å². The van der Waals surface area contributed by atoms with Crippen molar-refractivity contribution in [1.29, 1.82) is 0 Å². The van der Waals surface area contributed by atoms with Crippen molar-refractivity contribution in [3.63, 3.8) is 0 Å². The molecule has 0 amide bonds. The molecule has 2 heteroatoms. The number of benzene rings is 5. The van der Waals surface area contributed by atoms with Gasteiger partial charge in [0.05, 0.1) is 11.0 Å². The van der Waals surface area contributed by atoms with Gasteiger partial charge in [0.1, 0.15) is 5.82 Å². The molecule has 2 nitrogen and oxygen atoms in total. The molecule has 7 aromatic rings. The summed E-state index contributed by atoms with van der Waals surface area (Å²) in [5.41, 5.74) is 10.1. The molecular formula is C33H20N2. The van der Waals surface area contributed by atoms with Crippen LogP contribution in [0.2, 0.25) is 0 Å². The zero-order valence-electron chi connectivity index (χ0n) is 18.9. The number of hydrogen-bond donors (Lipinski definition) is 0. The first-order valence-corrected chi connectivity index (χ1v) is 12.0. The summed E-state index contributed by atoms with van der Waals surface area (Å²) in [7, 11) is 0. The normalized spacial score (nSPS) is 12.0. The molecule has 162 valence electrons. The van der Waals surface area contributed by atoms with Crippen LogP contribution >= 0.6 is 0 Å². The highest BCUT2D eigenvalue weighted by Crippen LogP contribution is 2.48. The molecule has 0 atom stereocenters. The van der Waals surface area contributed by atoms with E-state index in [0.717, 1.165) is 5.82 Å². The number of rotatable bonds is 2. The van der Waals surface area contributed by atoms with Gasteiger partial charge in [-0.05, 0) is 80.6 Å². The molecule has 8 rings (SSSR count). The van der Waals surface area contributed by atoms with Crippen LogP contribution < -0.4 is 0 Å². The fourth-order valence-electron chi connectivity index (χ4n) is 5.86. The van der Waals surface area contributed by atoms with Crippen molar-refractivity contribution in [2.45, 2.75) is 0 Å². The van der Waals surface area contributed by atoms with Crippen molar-refractivity contribution in [1.82, 2.24) is 9.55 Å². The van der Waals surface area contributed by atoms with Crippen molar-refractivity contribution >= 4 is 32.6 Å². The maximum atomic E-state index is 4.64. The second-order valence-electron chi connectivity index (χ2n) is 9.24. The lowest BCUT2D eigenvalue weighted by Gasteiger charge is -2.09. The first kappa shape index (κ1) is 18.7. The summed E-state index contributed by atoms with van der Waals surface area (Å²) in [6, 6.07) is 41.7. The highest BCUT2D eigenvalue weighted by Gasteiger charge is 2.21. The molecule has 0 radical (unpaired) electrons. The van der Waals surface area contributed by atoms with Gasteiger partial charge in [-0.1, -0.05) is 78.9 Å². The Morgan fingerprint density at radius 1 is 0.486 bits per heavy atom. The molecule has 0 bridgehead atoms. The molecule has 0 aliphatic heterocycles. The molecule has 2 aromatic heterocycles. The van der Waals surface area contributed by atoms with E-state index in [-0.39, 0.29) is 0 Å². The second kappa shape index (κ2) is 6.91. The van der Waals surface area contributed by atoms with Crippen LogP contribution in [0.15, 0.2) is 121 Å². The van der Waals surface area contributed by atoms with E-state index in [2.05, 4.69) is 113 Å². The van der Waals surface area contributed by atoms with E-state index in [0.29, 0.717) is 0 Å². The number of fused-ring (bicyclic) bond motifs is 6. The predicted octanol–water partition coefficient (Wildman–Crippen LogP) is 8.65. The van der Waals surface area contributed by atoms with Gasteiger partial charge in [-0.3, -0.25) is 4.57 Å². The zero-order chi connectivity index (χ0) is 22.9. The van der Waals surface area contributed by atoms with E-state index in [1.54, 1.807) is 0 Å². The Balaban J connectivity index is 1.35. The third-order valence-corrected chi connectivity index (χ3v) is 7.39. The molecule has 0 unspecified atom stereocenters. The third kappa shape index (κ3) is 2.57. The summed E-state index contributed by atoms with van der Waals surface area (Å²) < 4.78 is 2.26. The molecule has 35 heavy (non-hydrogen) atoms. The van der Waals surface area contributed by atoms with Gasteiger partial charge < -0.3 is 0 Å². The molecule has 1 aliphatic rings.